The van der Waals surface area contributed by atoms with Crippen molar-refractivity contribution >= 4 is 21.6 Å². The number of alkyl halides is 1. The van der Waals surface area contributed by atoms with Gasteiger partial charge >= 0.3 is 0 Å². The van der Waals surface area contributed by atoms with Crippen molar-refractivity contribution in [3.8, 4) is 11.4 Å². The van der Waals surface area contributed by atoms with Crippen LogP contribution in [0.15, 0.2) is 18.2 Å². The van der Waals surface area contributed by atoms with E-state index in [1.54, 1.807) is 19.1 Å². The minimum atomic E-state index is -0.377. The fourth-order valence-electron chi connectivity index (χ4n) is 2.29. The average Bonchev–Trinajstić information content (AvgIpc) is 2.81. The van der Waals surface area contributed by atoms with Crippen LogP contribution in [-0.4, -0.2) is 19.7 Å². The smallest absolute Gasteiger partial charge is 0.272 e. The molecule has 0 atom stereocenters. The Labute approximate surface area is 131 Å². The molecule has 0 saturated carbocycles. The second-order valence-corrected chi connectivity index (χ2v) is 6.40. The lowest BCUT2D eigenvalue weighted by Crippen LogP contribution is -2.24. The number of hydrogen-bond donors (Lipinski definition) is 0. The number of rotatable bonds is 3. The van der Waals surface area contributed by atoms with Gasteiger partial charge in [0.25, 0.3) is 5.69 Å². The normalized spacial score (nSPS) is 11.7. The molecule has 7 heteroatoms. The van der Waals surface area contributed by atoms with Gasteiger partial charge in [-0.3, -0.25) is 10.1 Å². The zero-order chi connectivity index (χ0) is 15.8. The maximum atomic E-state index is 10.9. The number of benzene rings is 1. The molecule has 1 heterocycles. The molecule has 0 radical (unpaired) electrons. The van der Waals surface area contributed by atoms with E-state index in [-0.39, 0.29) is 16.1 Å². The summed E-state index contributed by atoms with van der Waals surface area (Å²) in [4.78, 5) is 10.5. The molecule has 0 amide bonds. The fourth-order valence-corrected chi connectivity index (χ4v) is 2.66. The number of nitro groups is 1. The molecule has 0 bridgehead atoms. The van der Waals surface area contributed by atoms with Crippen LogP contribution in [0.2, 0.25) is 0 Å². The maximum Gasteiger partial charge on any atom is 0.272 e. The van der Waals surface area contributed by atoms with Crippen LogP contribution in [-0.2, 0) is 10.9 Å². The predicted octanol–water partition coefficient (Wildman–Crippen LogP) is 3.81. The Hall–Kier alpha value is -1.76. The Balaban J connectivity index is 2.60. The van der Waals surface area contributed by atoms with E-state index in [1.165, 1.54) is 6.07 Å². The molecule has 0 aliphatic heterocycles. The van der Waals surface area contributed by atoms with Crippen LogP contribution in [0.1, 0.15) is 32.2 Å². The summed E-state index contributed by atoms with van der Waals surface area (Å²) in [5, 5.41) is 20.0. The van der Waals surface area contributed by atoms with Crippen LogP contribution in [0.5, 0.6) is 0 Å². The summed E-state index contributed by atoms with van der Waals surface area (Å²) < 4.78 is 2.04. The minimum absolute atomic E-state index is 0.112. The van der Waals surface area contributed by atoms with Crippen molar-refractivity contribution < 1.29 is 4.92 Å². The Morgan fingerprint density at radius 2 is 2.00 bits per heavy atom. The molecule has 1 aromatic carbocycles. The SMILES string of the molecule is Cc1cc(-c2nnc(CBr)n2C(C)(C)C)ccc1[N+](=O)[O-]. The maximum absolute atomic E-state index is 10.9. The van der Waals surface area contributed by atoms with Crippen LogP contribution in [0.4, 0.5) is 5.69 Å². The van der Waals surface area contributed by atoms with Gasteiger partial charge in [-0.15, -0.1) is 10.2 Å². The van der Waals surface area contributed by atoms with Crippen molar-refractivity contribution in [2.45, 2.75) is 38.6 Å². The quantitative estimate of drug-likeness (QED) is 0.478. The number of aryl methyl sites for hydroxylation is 1. The molecule has 2 aromatic rings. The molecule has 0 aliphatic rings. The third-order valence-corrected chi connectivity index (χ3v) is 3.67. The van der Waals surface area contributed by atoms with Gasteiger partial charge < -0.3 is 4.57 Å². The van der Waals surface area contributed by atoms with E-state index in [2.05, 4.69) is 46.9 Å². The van der Waals surface area contributed by atoms with Crippen molar-refractivity contribution in [2.75, 3.05) is 0 Å². The van der Waals surface area contributed by atoms with E-state index in [0.29, 0.717) is 10.9 Å². The molecule has 21 heavy (non-hydrogen) atoms. The molecule has 6 nitrogen and oxygen atoms in total. The Kier molecular flexibility index (Phi) is 4.13. The second kappa shape index (κ2) is 5.55. The highest BCUT2D eigenvalue weighted by Crippen LogP contribution is 2.29. The minimum Gasteiger partial charge on any atom is -0.305 e. The Morgan fingerprint density at radius 1 is 1.33 bits per heavy atom. The standard InChI is InChI=1S/C14H17BrN4O2/c1-9-7-10(5-6-11(9)19(20)21)13-17-16-12(8-15)18(13)14(2,3)4/h5-7H,8H2,1-4H3. The molecule has 0 spiro atoms. The second-order valence-electron chi connectivity index (χ2n) is 5.84. The van der Waals surface area contributed by atoms with Crippen LogP contribution < -0.4 is 0 Å². The molecule has 0 unspecified atom stereocenters. The first-order valence-electron chi connectivity index (χ1n) is 6.52. The third kappa shape index (κ3) is 2.97. The molecule has 0 aliphatic carbocycles. The lowest BCUT2D eigenvalue weighted by molar-refractivity contribution is -0.385. The van der Waals surface area contributed by atoms with Crippen LogP contribution in [0.3, 0.4) is 0 Å². The highest BCUT2D eigenvalue weighted by Gasteiger charge is 2.24. The zero-order valence-electron chi connectivity index (χ0n) is 12.4. The van der Waals surface area contributed by atoms with Gasteiger partial charge in [0.2, 0.25) is 0 Å². The van der Waals surface area contributed by atoms with E-state index in [0.717, 1.165) is 17.2 Å². The highest BCUT2D eigenvalue weighted by atomic mass is 79.9. The van der Waals surface area contributed by atoms with Crippen LogP contribution in [0.25, 0.3) is 11.4 Å². The van der Waals surface area contributed by atoms with Crippen LogP contribution >= 0.6 is 15.9 Å². The molecule has 2 rings (SSSR count). The first-order chi connectivity index (χ1) is 9.75. The number of nitrogens with zero attached hydrogens (tertiary/aromatic N) is 4. The summed E-state index contributed by atoms with van der Waals surface area (Å²) in [6, 6.07) is 5.01. The highest BCUT2D eigenvalue weighted by molar-refractivity contribution is 9.08. The summed E-state index contributed by atoms with van der Waals surface area (Å²) in [6.45, 7) is 7.95. The van der Waals surface area contributed by atoms with E-state index in [9.17, 15) is 10.1 Å². The molecular weight excluding hydrogens is 336 g/mol. The van der Waals surface area contributed by atoms with Gasteiger partial charge in [-0.2, -0.15) is 0 Å². The molecule has 0 N–H and O–H groups in total. The van der Waals surface area contributed by atoms with Gasteiger partial charge in [0, 0.05) is 22.7 Å². The van der Waals surface area contributed by atoms with Crippen molar-refractivity contribution in [1.29, 1.82) is 0 Å². The number of hydrogen-bond acceptors (Lipinski definition) is 4. The molecule has 0 saturated heterocycles. The monoisotopic (exact) mass is 352 g/mol. The van der Waals surface area contributed by atoms with E-state index >= 15 is 0 Å². The van der Waals surface area contributed by atoms with Crippen molar-refractivity contribution in [1.82, 2.24) is 14.8 Å². The fraction of sp³-hybridized carbons (Fsp3) is 0.429. The lowest BCUT2D eigenvalue weighted by atomic mass is 10.1. The van der Waals surface area contributed by atoms with E-state index in [1.807, 2.05) is 4.57 Å². The summed E-state index contributed by atoms with van der Waals surface area (Å²) >= 11 is 3.42. The van der Waals surface area contributed by atoms with Gasteiger partial charge in [0.05, 0.1) is 10.3 Å². The summed E-state index contributed by atoms with van der Waals surface area (Å²) in [5.74, 6) is 1.54. The Morgan fingerprint density at radius 3 is 2.48 bits per heavy atom. The molecule has 112 valence electrons. The topological polar surface area (TPSA) is 73.8 Å². The Bertz CT molecular complexity index is 689. The molecule has 1 aromatic heterocycles. The van der Waals surface area contributed by atoms with Gasteiger partial charge in [-0.1, -0.05) is 15.9 Å². The summed E-state index contributed by atoms with van der Waals surface area (Å²) in [6.07, 6.45) is 0. The van der Waals surface area contributed by atoms with Crippen molar-refractivity contribution in [3.05, 3.63) is 39.7 Å². The predicted molar refractivity (Wildman–Crippen MR) is 84.5 cm³/mol. The molecular formula is C14H17BrN4O2. The van der Waals surface area contributed by atoms with Gasteiger partial charge in [0.1, 0.15) is 5.82 Å². The largest absolute Gasteiger partial charge is 0.305 e. The van der Waals surface area contributed by atoms with Crippen molar-refractivity contribution in [3.63, 3.8) is 0 Å². The first-order valence-corrected chi connectivity index (χ1v) is 7.64. The molecule has 0 fully saturated rings. The number of aromatic nitrogens is 3. The number of halogens is 1. The third-order valence-electron chi connectivity index (χ3n) is 3.17. The van der Waals surface area contributed by atoms with Gasteiger partial charge in [-0.05, 0) is 39.8 Å². The number of nitro benzene ring substituents is 1. The first kappa shape index (κ1) is 15.6. The zero-order valence-corrected chi connectivity index (χ0v) is 14.0. The lowest BCUT2D eigenvalue weighted by Gasteiger charge is -2.24. The van der Waals surface area contributed by atoms with E-state index < -0.39 is 0 Å². The summed E-state index contributed by atoms with van der Waals surface area (Å²) in [7, 11) is 0. The van der Waals surface area contributed by atoms with Gasteiger partial charge in [0.15, 0.2) is 5.82 Å². The summed E-state index contributed by atoms with van der Waals surface area (Å²) in [5.41, 5.74) is 1.37. The van der Waals surface area contributed by atoms with Gasteiger partial charge in [-0.25, -0.2) is 0 Å². The van der Waals surface area contributed by atoms with E-state index in [4.69, 9.17) is 0 Å². The van der Waals surface area contributed by atoms with Crippen molar-refractivity contribution in [2.24, 2.45) is 0 Å². The average molecular weight is 353 g/mol. The van der Waals surface area contributed by atoms with Crippen LogP contribution in [0, 0.1) is 17.0 Å².